The molecule has 2 heterocycles. The molecular formula is C25H26N2O3. The summed E-state index contributed by atoms with van der Waals surface area (Å²) in [5, 5.41) is 12.6. The Hall–Kier alpha value is -3.18. The van der Waals surface area contributed by atoms with E-state index in [0.29, 0.717) is 12.5 Å². The number of aromatic nitrogens is 1. The zero-order valence-electron chi connectivity index (χ0n) is 17.1. The minimum absolute atomic E-state index is 0.266. The van der Waals surface area contributed by atoms with E-state index in [-0.39, 0.29) is 5.56 Å². The Morgan fingerprint density at radius 1 is 1.07 bits per heavy atom. The molecule has 1 aliphatic rings. The van der Waals surface area contributed by atoms with Crippen LogP contribution in [0.4, 0.5) is 0 Å². The summed E-state index contributed by atoms with van der Waals surface area (Å²) in [6.45, 7) is 4.82. The number of carbonyl (C=O) groups is 1. The van der Waals surface area contributed by atoms with Crippen LogP contribution >= 0.6 is 0 Å². The SMILES string of the molecule is Cc1ccc(-c2ncc(OCC3CCNCC3)cc2-c2ccc(C(=O)O)cc2)cc1. The minimum atomic E-state index is -0.933. The molecule has 0 unspecified atom stereocenters. The number of carboxylic acids is 1. The maximum absolute atomic E-state index is 11.2. The number of aryl methyl sites for hydroxylation is 1. The van der Waals surface area contributed by atoms with Crippen molar-refractivity contribution in [3.05, 3.63) is 71.9 Å². The van der Waals surface area contributed by atoms with Gasteiger partial charge in [0, 0.05) is 11.1 Å². The number of aromatic carboxylic acids is 1. The molecule has 0 aliphatic carbocycles. The van der Waals surface area contributed by atoms with Gasteiger partial charge in [0.25, 0.3) is 0 Å². The van der Waals surface area contributed by atoms with Gasteiger partial charge in [0.2, 0.25) is 0 Å². The predicted molar refractivity (Wildman–Crippen MR) is 118 cm³/mol. The summed E-state index contributed by atoms with van der Waals surface area (Å²) >= 11 is 0. The number of benzene rings is 2. The molecule has 2 aromatic carbocycles. The van der Waals surface area contributed by atoms with Gasteiger partial charge in [-0.3, -0.25) is 4.98 Å². The van der Waals surface area contributed by atoms with Gasteiger partial charge in [-0.2, -0.15) is 0 Å². The zero-order valence-corrected chi connectivity index (χ0v) is 17.1. The molecule has 1 saturated heterocycles. The van der Waals surface area contributed by atoms with Gasteiger partial charge >= 0.3 is 5.97 Å². The summed E-state index contributed by atoms with van der Waals surface area (Å²) in [5.74, 6) is 0.362. The molecule has 1 aromatic heterocycles. The van der Waals surface area contributed by atoms with Crippen molar-refractivity contribution in [2.24, 2.45) is 5.92 Å². The molecule has 0 bridgehead atoms. The summed E-state index contributed by atoms with van der Waals surface area (Å²) in [4.78, 5) is 15.9. The molecule has 1 aliphatic heterocycles. The van der Waals surface area contributed by atoms with Crippen molar-refractivity contribution in [2.45, 2.75) is 19.8 Å². The normalized spacial score (nSPS) is 14.4. The number of nitrogens with zero attached hydrogens (tertiary/aromatic N) is 1. The quantitative estimate of drug-likeness (QED) is 0.620. The van der Waals surface area contributed by atoms with E-state index < -0.39 is 5.97 Å². The first-order valence-corrected chi connectivity index (χ1v) is 10.3. The maximum atomic E-state index is 11.2. The van der Waals surface area contributed by atoms with Gasteiger partial charge in [-0.15, -0.1) is 0 Å². The van der Waals surface area contributed by atoms with Crippen LogP contribution in [0.5, 0.6) is 5.75 Å². The number of pyridine rings is 1. The first-order chi connectivity index (χ1) is 14.6. The summed E-state index contributed by atoms with van der Waals surface area (Å²) in [7, 11) is 0. The molecule has 2 N–H and O–H groups in total. The highest BCUT2D eigenvalue weighted by molar-refractivity contribution is 5.89. The Balaban J connectivity index is 1.67. The van der Waals surface area contributed by atoms with Gasteiger partial charge < -0.3 is 15.2 Å². The summed E-state index contributed by atoms with van der Waals surface area (Å²) in [5.41, 5.74) is 5.17. The summed E-state index contributed by atoms with van der Waals surface area (Å²) in [6.07, 6.45) is 4.03. The lowest BCUT2D eigenvalue weighted by Crippen LogP contribution is -2.30. The second-order valence-electron chi connectivity index (χ2n) is 7.82. The second kappa shape index (κ2) is 9.09. The van der Waals surface area contributed by atoms with Crippen LogP contribution in [-0.2, 0) is 0 Å². The first kappa shape index (κ1) is 20.1. The number of hydrogen-bond acceptors (Lipinski definition) is 4. The van der Waals surface area contributed by atoms with Crippen LogP contribution in [0.25, 0.3) is 22.4 Å². The van der Waals surface area contributed by atoms with Crippen molar-refractivity contribution in [1.82, 2.24) is 10.3 Å². The zero-order chi connectivity index (χ0) is 20.9. The average Bonchev–Trinajstić information content (AvgIpc) is 2.79. The molecule has 0 spiro atoms. The fraction of sp³-hybridized carbons (Fsp3) is 0.280. The highest BCUT2D eigenvalue weighted by Crippen LogP contribution is 2.33. The van der Waals surface area contributed by atoms with Gasteiger partial charge in [0.15, 0.2) is 0 Å². The molecule has 154 valence electrons. The fourth-order valence-electron chi connectivity index (χ4n) is 3.74. The third-order valence-corrected chi connectivity index (χ3v) is 5.57. The van der Waals surface area contributed by atoms with Crippen LogP contribution < -0.4 is 10.1 Å². The van der Waals surface area contributed by atoms with Gasteiger partial charge in [0.1, 0.15) is 5.75 Å². The van der Waals surface area contributed by atoms with Crippen LogP contribution in [0.15, 0.2) is 60.8 Å². The second-order valence-corrected chi connectivity index (χ2v) is 7.82. The number of hydrogen-bond donors (Lipinski definition) is 2. The van der Waals surface area contributed by atoms with E-state index in [1.165, 1.54) is 5.56 Å². The molecule has 0 atom stereocenters. The van der Waals surface area contributed by atoms with Crippen LogP contribution in [-0.4, -0.2) is 35.8 Å². The number of ether oxygens (including phenoxy) is 1. The molecule has 5 heteroatoms. The number of rotatable bonds is 6. The molecule has 0 saturated carbocycles. The molecule has 0 amide bonds. The first-order valence-electron chi connectivity index (χ1n) is 10.3. The van der Waals surface area contributed by atoms with E-state index in [1.807, 2.05) is 18.2 Å². The lowest BCUT2D eigenvalue weighted by molar-refractivity contribution is 0.0697. The third-order valence-electron chi connectivity index (χ3n) is 5.57. The monoisotopic (exact) mass is 402 g/mol. The lowest BCUT2D eigenvalue weighted by atomic mass is 9.97. The van der Waals surface area contributed by atoms with Gasteiger partial charge in [-0.1, -0.05) is 42.0 Å². The van der Waals surface area contributed by atoms with E-state index >= 15 is 0 Å². The molecular weight excluding hydrogens is 376 g/mol. The van der Waals surface area contributed by atoms with E-state index in [2.05, 4.69) is 36.5 Å². The molecule has 3 aromatic rings. The van der Waals surface area contributed by atoms with Crippen LogP contribution in [0, 0.1) is 12.8 Å². The van der Waals surface area contributed by atoms with Crippen LogP contribution in [0.3, 0.4) is 0 Å². The highest BCUT2D eigenvalue weighted by atomic mass is 16.5. The summed E-state index contributed by atoms with van der Waals surface area (Å²) in [6, 6.07) is 17.2. The summed E-state index contributed by atoms with van der Waals surface area (Å²) < 4.78 is 6.10. The maximum Gasteiger partial charge on any atom is 0.335 e. The third kappa shape index (κ3) is 4.69. The number of carboxylic acid groups (broad SMARTS) is 1. The van der Waals surface area contributed by atoms with Crippen molar-refractivity contribution in [2.75, 3.05) is 19.7 Å². The van der Waals surface area contributed by atoms with Crippen molar-refractivity contribution in [1.29, 1.82) is 0 Å². The largest absolute Gasteiger partial charge is 0.492 e. The Bertz CT molecular complexity index is 1010. The number of piperidine rings is 1. The molecule has 4 rings (SSSR count). The van der Waals surface area contributed by atoms with Crippen molar-refractivity contribution in [3.8, 4) is 28.1 Å². The van der Waals surface area contributed by atoms with Crippen LogP contribution in [0.2, 0.25) is 0 Å². The molecule has 30 heavy (non-hydrogen) atoms. The van der Waals surface area contributed by atoms with E-state index in [4.69, 9.17) is 9.72 Å². The van der Waals surface area contributed by atoms with E-state index in [0.717, 1.165) is 54.1 Å². The van der Waals surface area contributed by atoms with Gasteiger partial charge in [0.05, 0.1) is 24.1 Å². The van der Waals surface area contributed by atoms with Crippen molar-refractivity contribution >= 4 is 5.97 Å². The highest BCUT2D eigenvalue weighted by Gasteiger charge is 2.16. The van der Waals surface area contributed by atoms with Crippen molar-refractivity contribution in [3.63, 3.8) is 0 Å². The van der Waals surface area contributed by atoms with Gasteiger partial charge in [-0.05, 0) is 62.5 Å². The Morgan fingerprint density at radius 3 is 2.40 bits per heavy atom. The smallest absolute Gasteiger partial charge is 0.335 e. The Morgan fingerprint density at radius 2 is 1.73 bits per heavy atom. The van der Waals surface area contributed by atoms with E-state index in [1.54, 1.807) is 18.3 Å². The molecule has 5 nitrogen and oxygen atoms in total. The molecule has 1 fully saturated rings. The Kier molecular flexibility index (Phi) is 6.10. The lowest BCUT2D eigenvalue weighted by Gasteiger charge is -2.22. The van der Waals surface area contributed by atoms with E-state index in [9.17, 15) is 9.90 Å². The standard InChI is InChI=1S/C25H26N2O3/c1-17-2-4-20(5-3-17)24-23(19-6-8-21(9-7-19)25(28)29)14-22(15-27-24)30-16-18-10-12-26-13-11-18/h2-9,14-15,18,26H,10-13,16H2,1H3,(H,28,29). The van der Waals surface area contributed by atoms with Crippen molar-refractivity contribution < 1.29 is 14.6 Å². The van der Waals surface area contributed by atoms with Gasteiger partial charge in [-0.25, -0.2) is 4.79 Å². The minimum Gasteiger partial charge on any atom is -0.492 e. The fourth-order valence-corrected chi connectivity index (χ4v) is 3.74. The van der Waals surface area contributed by atoms with Crippen LogP contribution in [0.1, 0.15) is 28.8 Å². The number of nitrogens with one attached hydrogen (secondary N) is 1. The average molecular weight is 402 g/mol. The molecule has 0 radical (unpaired) electrons. The Labute approximate surface area is 176 Å². The topological polar surface area (TPSA) is 71.5 Å². The predicted octanol–water partition coefficient (Wildman–Crippen LogP) is 4.80.